The van der Waals surface area contributed by atoms with E-state index in [-0.39, 0.29) is 0 Å². The molecule has 0 aliphatic heterocycles. The van der Waals surface area contributed by atoms with E-state index in [1.807, 2.05) is 44.4 Å². The molecule has 0 radical (unpaired) electrons. The van der Waals surface area contributed by atoms with Crippen LogP contribution in [0.4, 0.5) is 5.82 Å². The van der Waals surface area contributed by atoms with Crippen LogP contribution in [0.1, 0.15) is 0 Å². The predicted octanol–water partition coefficient (Wildman–Crippen LogP) is 1.79. The molecule has 21 heavy (non-hydrogen) atoms. The van der Waals surface area contributed by atoms with E-state index in [1.54, 1.807) is 17.1 Å². The number of anilines is 1. The summed E-state index contributed by atoms with van der Waals surface area (Å²) in [6.45, 7) is 1.78. The first-order chi connectivity index (χ1) is 10.2. The predicted molar refractivity (Wildman–Crippen MR) is 83.7 cm³/mol. The minimum Gasteiger partial charge on any atom is -0.367 e. The van der Waals surface area contributed by atoms with Gasteiger partial charge in [-0.15, -0.1) is 0 Å². The fourth-order valence-corrected chi connectivity index (χ4v) is 2.06. The molecular weight excluding hydrogens is 264 g/mol. The molecule has 6 nitrogen and oxygen atoms in total. The topological polar surface area (TPSA) is 58.9 Å². The van der Waals surface area contributed by atoms with Crippen molar-refractivity contribution in [2.24, 2.45) is 0 Å². The molecule has 6 heteroatoms. The van der Waals surface area contributed by atoms with Crippen LogP contribution in [0, 0.1) is 0 Å². The van der Waals surface area contributed by atoms with E-state index in [0.717, 1.165) is 35.8 Å². The first kappa shape index (κ1) is 13.5. The summed E-state index contributed by atoms with van der Waals surface area (Å²) < 4.78 is 1.80. The maximum Gasteiger partial charge on any atom is 0.181 e. The third-order valence-electron chi connectivity index (χ3n) is 3.14. The van der Waals surface area contributed by atoms with Gasteiger partial charge in [0.2, 0.25) is 0 Å². The maximum atomic E-state index is 4.54. The lowest BCUT2D eigenvalue weighted by atomic mass is 10.3. The van der Waals surface area contributed by atoms with E-state index in [4.69, 9.17) is 0 Å². The Morgan fingerprint density at radius 3 is 2.71 bits per heavy atom. The number of likely N-dealkylation sites (N-methyl/N-ethyl adjacent to an activating group) is 1. The summed E-state index contributed by atoms with van der Waals surface area (Å²) in [5, 5.41) is 7.64. The summed E-state index contributed by atoms with van der Waals surface area (Å²) in [5.74, 6) is 0.775. The van der Waals surface area contributed by atoms with Crippen LogP contribution >= 0.6 is 0 Å². The zero-order valence-electron chi connectivity index (χ0n) is 12.2. The van der Waals surface area contributed by atoms with Gasteiger partial charge in [0.25, 0.3) is 0 Å². The number of fused-ring (bicyclic) bond motifs is 1. The van der Waals surface area contributed by atoms with Crippen molar-refractivity contribution in [3.63, 3.8) is 0 Å². The summed E-state index contributed by atoms with van der Waals surface area (Å²) in [6.07, 6.45) is 3.49. The summed E-state index contributed by atoms with van der Waals surface area (Å²) in [7, 11) is 4.08. The third-order valence-corrected chi connectivity index (χ3v) is 3.14. The lowest BCUT2D eigenvalue weighted by Gasteiger charge is -2.10. The highest BCUT2D eigenvalue weighted by molar-refractivity contribution is 5.73. The Balaban J connectivity index is 1.84. The van der Waals surface area contributed by atoms with E-state index < -0.39 is 0 Å². The molecule has 0 spiro atoms. The molecule has 0 fully saturated rings. The molecule has 3 rings (SSSR count). The van der Waals surface area contributed by atoms with Gasteiger partial charge in [-0.25, -0.2) is 14.6 Å². The van der Waals surface area contributed by atoms with Crippen molar-refractivity contribution in [2.45, 2.75) is 0 Å². The number of para-hydroxylation sites is 1. The lowest BCUT2D eigenvalue weighted by molar-refractivity contribution is 0.425. The van der Waals surface area contributed by atoms with Gasteiger partial charge < -0.3 is 10.2 Å². The van der Waals surface area contributed by atoms with Gasteiger partial charge in [0.05, 0.1) is 18.1 Å². The van der Waals surface area contributed by atoms with Crippen LogP contribution in [0.5, 0.6) is 0 Å². The van der Waals surface area contributed by atoms with Crippen LogP contribution in [-0.2, 0) is 0 Å². The van der Waals surface area contributed by atoms with E-state index in [1.165, 1.54) is 0 Å². The average molecular weight is 282 g/mol. The van der Waals surface area contributed by atoms with E-state index in [2.05, 4.69) is 25.3 Å². The molecule has 2 heterocycles. The Morgan fingerprint density at radius 1 is 1.14 bits per heavy atom. The Kier molecular flexibility index (Phi) is 3.79. The number of benzene rings is 1. The largest absolute Gasteiger partial charge is 0.367 e. The molecule has 1 N–H and O–H groups in total. The van der Waals surface area contributed by atoms with Gasteiger partial charge in [0.15, 0.2) is 5.65 Å². The Bertz CT molecular complexity index is 719. The quantitative estimate of drug-likeness (QED) is 0.773. The average Bonchev–Trinajstić information content (AvgIpc) is 2.91. The fraction of sp³-hybridized carbons (Fsp3) is 0.267. The van der Waals surface area contributed by atoms with E-state index in [9.17, 15) is 0 Å². The standard InChI is InChI=1S/C15H18N6/c1-20(2)9-8-16-14-11-17-15-13(19-14)10-18-21(15)12-6-4-3-5-7-12/h3-7,10-11H,8-9H2,1-2H3,(H,16,19). The van der Waals surface area contributed by atoms with Crippen LogP contribution in [0.25, 0.3) is 16.9 Å². The molecular formula is C15H18N6. The number of nitrogens with one attached hydrogen (secondary N) is 1. The summed E-state index contributed by atoms with van der Waals surface area (Å²) in [6, 6.07) is 9.93. The van der Waals surface area contributed by atoms with Gasteiger partial charge in [-0.1, -0.05) is 18.2 Å². The lowest BCUT2D eigenvalue weighted by Crippen LogP contribution is -2.21. The van der Waals surface area contributed by atoms with Crippen LogP contribution in [0.15, 0.2) is 42.7 Å². The minimum atomic E-state index is 0.763. The van der Waals surface area contributed by atoms with Gasteiger partial charge in [0.1, 0.15) is 11.3 Å². The zero-order chi connectivity index (χ0) is 14.7. The van der Waals surface area contributed by atoms with Crippen LogP contribution in [0.2, 0.25) is 0 Å². The number of rotatable bonds is 5. The van der Waals surface area contributed by atoms with Crippen LogP contribution in [0.3, 0.4) is 0 Å². The normalized spacial score (nSPS) is 11.2. The Labute approximate surface area is 123 Å². The highest BCUT2D eigenvalue weighted by atomic mass is 15.3. The first-order valence-corrected chi connectivity index (χ1v) is 6.89. The smallest absolute Gasteiger partial charge is 0.181 e. The second kappa shape index (κ2) is 5.88. The highest BCUT2D eigenvalue weighted by Crippen LogP contribution is 2.16. The van der Waals surface area contributed by atoms with Crippen molar-refractivity contribution >= 4 is 17.0 Å². The summed E-state index contributed by atoms with van der Waals surface area (Å²) in [4.78, 5) is 11.1. The molecule has 0 aliphatic carbocycles. The van der Waals surface area contributed by atoms with Gasteiger partial charge in [-0.05, 0) is 26.2 Å². The second-order valence-electron chi connectivity index (χ2n) is 5.09. The Morgan fingerprint density at radius 2 is 1.95 bits per heavy atom. The van der Waals surface area contributed by atoms with Crippen molar-refractivity contribution in [3.8, 4) is 5.69 Å². The molecule has 108 valence electrons. The second-order valence-corrected chi connectivity index (χ2v) is 5.09. The number of nitrogens with zero attached hydrogens (tertiary/aromatic N) is 5. The third kappa shape index (κ3) is 3.00. The highest BCUT2D eigenvalue weighted by Gasteiger charge is 2.08. The minimum absolute atomic E-state index is 0.763. The SMILES string of the molecule is CN(C)CCNc1cnc2c(cnn2-c2ccccc2)n1. The molecule has 0 unspecified atom stereocenters. The molecule has 0 saturated carbocycles. The van der Waals surface area contributed by atoms with E-state index in [0.29, 0.717) is 0 Å². The van der Waals surface area contributed by atoms with Crippen molar-refractivity contribution in [1.29, 1.82) is 0 Å². The molecule has 0 atom stereocenters. The van der Waals surface area contributed by atoms with Gasteiger partial charge in [-0.3, -0.25) is 0 Å². The maximum absolute atomic E-state index is 4.54. The van der Waals surface area contributed by atoms with Crippen molar-refractivity contribution in [3.05, 3.63) is 42.7 Å². The summed E-state index contributed by atoms with van der Waals surface area (Å²) >= 11 is 0. The van der Waals surface area contributed by atoms with E-state index >= 15 is 0 Å². The van der Waals surface area contributed by atoms with Crippen LogP contribution in [-0.4, -0.2) is 51.8 Å². The van der Waals surface area contributed by atoms with Gasteiger partial charge in [-0.2, -0.15) is 5.10 Å². The molecule has 1 aromatic carbocycles. The number of hydrogen-bond donors (Lipinski definition) is 1. The molecule has 0 bridgehead atoms. The fourth-order valence-electron chi connectivity index (χ4n) is 2.06. The Hall–Kier alpha value is -2.47. The molecule has 2 aromatic heterocycles. The van der Waals surface area contributed by atoms with Gasteiger partial charge in [0, 0.05) is 13.1 Å². The first-order valence-electron chi connectivity index (χ1n) is 6.89. The monoisotopic (exact) mass is 282 g/mol. The van der Waals surface area contributed by atoms with Crippen molar-refractivity contribution in [1.82, 2.24) is 24.6 Å². The van der Waals surface area contributed by atoms with Crippen molar-refractivity contribution < 1.29 is 0 Å². The molecule has 3 aromatic rings. The summed E-state index contributed by atoms with van der Waals surface area (Å²) in [5.41, 5.74) is 2.53. The van der Waals surface area contributed by atoms with Gasteiger partial charge >= 0.3 is 0 Å². The molecule has 0 amide bonds. The zero-order valence-corrected chi connectivity index (χ0v) is 12.2. The molecule has 0 saturated heterocycles. The molecule has 0 aliphatic rings. The van der Waals surface area contributed by atoms with Crippen LogP contribution < -0.4 is 5.32 Å². The number of hydrogen-bond acceptors (Lipinski definition) is 5. The van der Waals surface area contributed by atoms with Crippen molar-refractivity contribution in [2.75, 3.05) is 32.5 Å². The number of aromatic nitrogens is 4.